The van der Waals surface area contributed by atoms with Crippen molar-refractivity contribution >= 4 is 62.5 Å². The van der Waals surface area contributed by atoms with Crippen LogP contribution in [0.1, 0.15) is 135 Å². The summed E-state index contributed by atoms with van der Waals surface area (Å²) in [7, 11) is 0. The van der Waals surface area contributed by atoms with Crippen molar-refractivity contribution < 1.29 is 4.42 Å². The van der Waals surface area contributed by atoms with Crippen molar-refractivity contribution in [1.82, 2.24) is 0 Å². The predicted octanol–water partition coefficient (Wildman–Crippen LogP) is 14.0. The van der Waals surface area contributed by atoms with E-state index >= 15 is 0 Å². The third-order valence-corrected chi connectivity index (χ3v) is 16.3. The van der Waals surface area contributed by atoms with Crippen molar-refractivity contribution in [3.8, 4) is 22.3 Å². The first-order valence-corrected chi connectivity index (χ1v) is 23.1. The van der Waals surface area contributed by atoms with Gasteiger partial charge in [-0.25, -0.2) is 0 Å². The fourth-order valence-electron chi connectivity index (χ4n) is 12.6. The first-order chi connectivity index (χ1) is 28.9. The standard InChI is InChI=1S/C57H59BN2O/c1-53(2,3)35-19-22-38(23-20-35)60-49-41(24-18-33-28-34-29-36(54(4,5)6)21-25-39(34)47(33)49)42-32-43-40-16-12-13-17-46(40)61-52(43)51-48(42)58(60)45-31-37(55(7,8)9)30-44-50(45)59(51)57(11)27-15-14-26-56(44,57)10/h12-13,16-25,29-32H,14-15,26-28H2,1-11H3. The van der Waals surface area contributed by atoms with Crippen LogP contribution in [-0.2, 0) is 28.1 Å². The van der Waals surface area contributed by atoms with E-state index in [9.17, 15) is 0 Å². The summed E-state index contributed by atoms with van der Waals surface area (Å²) in [5.41, 5.74) is 24.1. The lowest BCUT2D eigenvalue weighted by Crippen LogP contribution is -2.64. The van der Waals surface area contributed by atoms with Crippen LogP contribution in [-0.4, -0.2) is 12.4 Å². The monoisotopic (exact) mass is 798 g/mol. The fourth-order valence-corrected chi connectivity index (χ4v) is 12.6. The van der Waals surface area contributed by atoms with Crippen LogP contribution < -0.4 is 20.6 Å². The lowest BCUT2D eigenvalue weighted by Gasteiger charge is -2.53. The second kappa shape index (κ2) is 11.8. The van der Waals surface area contributed by atoms with Crippen LogP contribution in [0.3, 0.4) is 0 Å². The van der Waals surface area contributed by atoms with Gasteiger partial charge in [0.15, 0.2) is 5.58 Å². The molecule has 6 aromatic carbocycles. The molecule has 1 aromatic heterocycles. The molecule has 2 aliphatic carbocycles. The summed E-state index contributed by atoms with van der Waals surface area (Å²) >= 11 is 0. The molecule has 7 aromatic rings. The number of benzene rings is 6. The highest BCUT2D eigenvalue weighted by molar-refractivity contribution is 6.94. The highest BCUT2D eigenvalue weighted by Crippen LogP contribution is 2.64. The first-order valence-electron chi connectivity index (χ1n) is 23.1. The molecule has 1 fully saturated rings. The van der Waals surface area contributed by atoms with E-state index in [1.165, 1.54) is 119 Å². The number of hydrogen-bond donors (Lipinski definition) is 0. The van der Waals surface area contributed by atoms with Gasteiger partial charge >= 0.3 is 6.85 Å². The van der Waals surface area contributed by atoms with E-state index in [0.717, 1.165) is 24.0 Å². The van der Waals surface area contributed by atoms with Gasteiger partial charge in [0.25, 0.3) is 0 Å². The highest BCUT2D eigenvalue weighted by Gasteiger charge is 2.63. The minimum atomic E-state index is -0.119. The van der Waals surface area contributed by atoms with Gasteiger partial charge in [0.1, 0.15) is 5.58 Å². The second-order valence-corrected chi connectivity index (χ2v) is 22.9. The van der Waals surface area contributed by atoms with Crippen molar-refractivity contribution in [2.75, 3.05) is 9.71 Å². The number of rotatable bonds is 1. The molecule has 4 heteroatoms. The van der Waals surface area contributed by atoms with Gasteiger partial charge in [0.2, 0.25) is 0 Å². The molecule has 306 valence electrons. The van der Waals surface area contributed by atoms with Gasteiger partial charge in [0.05, 0.1) is 11.2 Å². The molecule has 12 rings (SSSR count). The molecule has 0 spiro atoms. The minimum absolute atomic E-state index is 0.0249. The summed E-state index contributed by atoms with van der Waals surface area (Å²) in [6, 6.07) is 38.4. The lowest BCUT2D eigenvalue weighted by atomic mass is 9.42. The van der Waals surface area contributed by atoms with Gasteiger partial charge in [-0.2, -0.15) is 0 Å². The van der Waals surface area contributed by atoms with Crippen molar-refractivity contribution in [1.29, 1.82) is 0 Å². The molecular weight excluding hydrogens is 739 g/mol. The molecule has 0 saturated heterocycles. The Balaban J connectivity index is 1.27. The van der Waals surface area contributed by atoms with Crippen LogP contribution in [0.15, 0.2) is 101 Å². The zero-order valence-corrected chi connectivity index (χ0v) is 38.2. The molecule has 0 amide bonds. The molecule has 0 bridgehead atoms. The molecule has 4 heterocycles. The molecule has 3 aliphatic heterocycles. The molecule has 61 heavy (non-hydrogen) atoms. The van der Waals surface area contributed by atoms with E-state index < -0.39 is 0 Å². The second-order valence-electron chi connectivity index (χ2n) is 22.9. The molecular formula is C57H59BN2O. The van der Waals surface area contributed by atoms with E-state index in [-0.39, 0.29) is 34.0 Å². The van der Waals surface area contributed by atoms with Gasteiger partial charge < -0.3 is 14.1 Å². The molecule has 2 atom stereocenters. The zero-order valence-electron chi connectivity index (χ0n) is 38.2. The number of hydrogen-bond acceptors (Lipinski definition) is 3. The van der Waals surface area contributed by atoms with Crippen LogP contribution in [0.5, 0.6) is 0 Å². The molecule has 5 aliphatic rings. The summed E-state index contributed by atoms with van der Waals surface area (Å²) in [6.45, 7) is 26.3. The van der Waals surface area contributed by atoms with Gasteiger partial charge in [-0.05, 0) is 122 Å². The number of fused-ring (bicyclic) bond motifs is 15. The van der Waals surface area contributed by atoms with Gasteiger partial charge in [-0.15, -0.1) is 0 Å². The average molecular weight is 799 g/mol. The normalized spacial score (nSPS) is 21.1. The Hall–Kier alpha value is -5.22. The maximum atomic E-state index is 7.21. The van der Waals surface area contributed by atoms with E-state index in [0.29, 0.717) is 0 Å². The predicted molar refractivity (Wildman–Crippen MR) is 260 cm³/mol. The van der Waals surface area contributed by atoms with E-state index in [1.807, 2.05) is 0 Å². The van der Waals surface area contributed by atoms with Crippen molar-refractivity contribution in [3.05, 3.63) is 130 Å². The van der Waals surface area contributed by atoms with Crippen molar-refractivity contribution in [2.24, 2.45) is 0 Å². The van der Waals surface area contributed by atoms with E-state index in [4.69, 9.17) is 4.42 Å². The number of para-hydroxylation sites is 1. The molecule has 0 radical (unpaired) electrons. The highest BCUT2D eigenvalue weighted by atomic mass is 16.3. The topological polar surface area (TPSA) is 19.6 Å². The Morgan fingerprint density at radius 1 is 0.590 bits per heavy atom. The zero-order chi connectivity index (χ0) is 42.3. The molecule has 2 unspecified atom stereocenters. The molecule has 1 saturated carbocycles. The summed E-state index contributed by atoms with van der Waals surface area (Å²) in [6.07, 6.45) is 5.77. The maximum absolute atomic E-state index is 7.21. The Labute approximate surface area is 363 Å². The molecule has 3 nitrogen and oxygen atoms in total. The SMILES string of the molecule is CC(C)(C)c1ccc(N2B3c4cc(C(C)(C)C)cc5c4N(c4c3c(cc3c4oc4ccccc43)-c3ccc4c(c32)-c2ccc(C(C)(C)C)cc2C4)C2(C)CCCCC52C)cc1. The average Bonchev–Trinajstić information content (AvgIpc) is 3.84. The van der Waals surface area contributed by atoms with Crippen LogP contribution in [0.4, 0.5) is 22.7 Å². The third kappa shape index (κ3) is 4.83. The number of anilines is 4. The number of furan rings is 1. The fraction of sp³-hybridized carbons (Fsp3) is 0.368. The quantitative estimate of drug-likeness (QED) is 0.154. The Kier molecular flexibility index (Phi) is 7.27. The van der Waals surface area contributed by atoms with E-state index in [2.05, 4.69) is 183 Å². The largest absolute Gasteiger partial charge is 0.454 e. The van der Waals surface area contributed by atoms with Crippen LogP contribution in [0, 0.1) is 0 Å². The van der Waals surface area contributed by atoms with Crippen molar-refractivity contribution in [2.45, 2.75) is 135 Å². The van der Waals surface area contributed by atoms with Crippen LogP contribution in [0.25, 0.3) is 44.2 Å². The Morgan fingerprint density at radius 3 is 2.02 bits per heavy atom. The Bertz CT molecular complexity index is 3060. The molecule has 0 N–H and O–H groups in total. The van der Waals surface area contributed by atoms with Gasteiger partial charge in [-0.3, -0.25) is 0 Å². The first kappa shape index (κ1) is 37.5. The van der Waals surface area contributed by atoms with Crippen LogP contribution >= 0.6 is 0 Å². The summed E-state index contributed by atoms with van der Waals surface area (Å²) < 4.78 is 7.21. The summed E-state index contributed by atoms with van der Waals surface area (Å²) in [5.74, 6) is 0. The lowest BCUT2D eigenvalue weighted by molar-refractivity contribution is 0.195. The van der Waals surface area contributed by atoms with E-state index in [1.54, 1.807) is 0 Å². The maximum Gasteiger partial charge on any atom is 0.333 e. The Morgan fingerprint density at radius 2 is 1.28 bits per heavy atom. The van der Waals surface area contributed by atoms with Gasteiger partial charge in [-0.1, -0.05) is 155 Å². The summed E-state index contributed by atoms with van der Waals surface area (Å²) in [5, 5.41) is 2.41. The minimum Gasteiger partial charge on any atom is -0.454 e. The van der Waals surface area contributed by atoms with Crippen LogP contribution in [0.2, 0.25) is 0 Å². The van der Waals surface area contributed by atoms with Gasteiger partial charge in [0, 0.05) is 44.4 Å². The summed E-state index contributed by atoms with van der Waals surface area (Å²) in [4.78, 5) is 5.64. The van der Waals surface area contributed by atoms with Crippen molar-refractivity contribution in [3.63, 3.8) is 0 Å². The smallest absolute Gasteiger partial charge is 0.333 e. The third-order valence-electron chi connectivity index (χ3n) is 16.3. The number of nitrogens with zero attached hydrogens (tertiary/aromatic N) is 2.